The summed E-state index contributed by atoms with van der Waals surface area (Å²) in [5.41, 5.74) is 1.32. The zero-order chi connectivity index (χ0) is 17.6. The topological polar surface area (TPSA) is 80.8 Å². The number of pyridine rings is 1. The monoisotopic (exact) mass is 332 g/mol. The number of benzene rings is 1. The van der Waals surface area contributed by atoms with Crippen molar-refractivity contribution in [2.45, 2.75) is 12.8 Å². The molecule has 1 atom stereocenters. The van der Waals surface area contributed by atoms with Crippen molar-refractivity contribution in [1.29, 1.82) is 5.26 Å². The van der Waals surface area contributed by atoms with Crippen LogP contribution in [-0.4, -0.2) is 27.2 Å². The Kier molecular flexibility index (Phi) is 4.86. The molecule has 0 saturated carbocycles. The van der Waals surface area contributed by atoms with Gasteiger partial charge in [-0.25, -0.2) is 4.68 Å². The molecule has 3 rings (SSSR count). The Labute approximate surface area is 145 Å². The molecule has 2 aromatic heterocycles. The van der Waals surface area contributed by atoms with Gasteiger partial charge in [-0.2, -0.15) is 10.4 Å². The number of ether oxygens (including phenoxy) is 1. The van der Waals surface area contributed by atoms with Gasteiger partial charge < -0.3 is 4.74 Å². The standard InChI is InChI=1S/C19H16N4O2/c1-2-25-17-13-23(14-8-4-3-5-9-14)22-18(17)19(24)15(12-20)16-10-6-7-11-21-16/h3-11,13,15H,2H2,1H3/t15-/m0/s1. The maximum atomic E-state index is 12.9. The molecule has 0 saturated heterocycles. The molecule has 25 heavy (non-hydrogen) atoms. The van der Waals surface area contributed by atoms with Crippen molar-refractivity contribution < 1.29 is 9.53 Å². The van der Waals surface area contributed by atoms with Crippen molar-refractivity contribution in [3.05, 3.63) is 72.3 Å². The van der Waals surface area contributed by atoms with E-state index in [1.54, 1.807) is 35.3 Å². The van der Waals surface area contributed by atoms with Gasteiger partial charge in [0.15, 0.2) is 17.4 Å². The molecule has 3 aromatic rings. The van der Waals surface area contributed by atoms with E-state index in [1.807, 2.05) is 43.3 Å². The predicted octanol–water partition coefficient (Wildman–Crippen LogP) is 3.16. The van der Waals surface area contributed by atoms with Gasteiger partial charge in [-0.15, -0.1) is 0 Å². The smallest absolute Gasteiger partial charge is 0.210 e. The fraction of sp³-hybridized carbons (Fsp3) is 0.158. The van der Waals surface area contributed by atoms with Crippen molar-refractivity contribution in [3.63, 3.8) is 0 Å². The SMILES string of the molecule is CCOc1cn(-c2ccccc2)nc1C(=O)[C@@H](C#N)c1ccccn1. The van der Waals surface area contributed by atoms with Crippen molar-refractivity contribution in [3.8, 4) is 17.5 Å². The number of hydrogen-bond donors (Lipinski definition) is 0. The minimum Gasteiger partial charge on any atom is -0.490 e. The normalized spacial score (nSPS) is 11.5. The first-order valence-electron chi connectivity index (χ1n) is 7.87. The Balaban J connectivity index is 2.01. The molecule has 0 amide bonds. The third-order valence-corrected chi connectivity index (χ3v) is 3.61. The van der Waals surface area contributed by atoms with Gasteiger partial charge in [0.1, 0.15) is 0 Å². The van der Waals surface area contributed by atoms with Crippen molar-refractivity contribution in [2.75, 3.05) is 6.61 Å². The van der Waals surface area contributed by atoms with E-state index in [0.29, 0.717) is 18.1 Å². The third-order valence-electron chi connectivity index (χ3n) is 3.61. The van der Waals surface area contributed by atoms with E-state index in [9.17, 15) is 10.1 Å². The third kappa shape index (κ3) is 3.40. The maximum absolute atomic E-state index is 12.9. The van der Waals surface area contributed by atoms with E-state index in [-0.39, 0.29) is 5.69 Å². The van der Waals surface area contributed by atoms with E-state index < -0.39 is 11.7 Å². The van der Waals surface area contributed by atoms with Crippen molar-refractivity contribution in [2.24, 2.45) is 0 Å². The van der Waals surface area contributed by atoms with E-state index in [4.69, 9.17) is 4.74 Å². The van der Waals surface area contributed by atoms with E-state index in [1.165, 1.54) is 0 Å². The lowest BCUT2D eigenvalue weighted by Crippen LogP contribution is -2.14. The van der Waals surface area contributed by atoms with Crippen LogP contribution in [0.15, 0.2) is 60.9 Å². The van der Waals surface area contributed by atoms with Gasteiger partial charge in [0.05, 0.1) is 30.3 Å². The molecule has 0 unspecified atom stereocenters. The first kappa shape index (κ1) is 16.4. The first-order chi connectivity index (χ1) is 12.2. The molecule has 6 heteroatoms. The molecule has 0 fully saturated rings. The van der Waals surface area contributed by atoms with Gasteiger partial charge in [-0.05, 0) is 31.2 Å². The number of carbonyl (C=O) groups excluding carboxylic acids is 1. The number of Topliss-reactive ketones (excluding diaryl/α,β-unsaturated/α-hetero) is 1. The molecule has 0 N–H and O–H groups in total. The number of para-hydroxylation sites is 1. The lowest BCUT2D eigenvalue weighted by Gasteiger charge is -2.07. The van der Waals surface area contributed by atoms with Crippen LogP contribution in [0.25, 0.3) is 5.69 Å². The van der Waals surface area contributed by atoms with Gasteiger partial charge in [-0.1, -0.05) is 24.3 Å². The van der Waals surface area contributed by atoms with E-state index >= 15 is 0 Å². The number of nitrogens with zero attached hydrogens (tertiary/aromatic N) is 4. The summed E-state index contributed by atoms with van der Waals surface area (Å²) in [4.78, 5) is 17.0. The van der Waals surface area contributed by atoms with Gasteiger partial charge in [0.25, 0.3) is 0 Å². The Bertz CT molecular complexity index is 898. The van der Waals surface area contributed by atoms with Crippen LogP contribution in [0.3, 0.4) is 0 Å². The molecule has 6 nitrogen and oxygen atoms in total. The zero-order valence-corrected chi connectivity index (χ0v) is 13.7. The van der Waals surface area contributed by atoms with Crippen LogP contribution < -0.4 is 4.74 Å². The molecule has 0 aliphatic rings. The fourth-order valence-electron chi connectivity index (χ4n) is 2.45. The van der Waals surface area contributed by atoms with Crippen LogP contribution in [0, 0.1) is 11.3 Å². The van der Waals surface area contributed by atoms with Crippen LogP contribution >= 0.6 is 0 Å². The second kappa shape index (κ2) is 7.41. The minimum absolute atomic E-state index is 0.128. The summed E-state index contributed by atoms with van der Waals surface area (Å²) in [6.45, 7) is 2.22. The molecular formula is C19H16N4O2. The lowest BCUT2D eigenvalue weighted by molar-refractivity contribution is 0.0968. The van der Waals surface area contributed by atoms with Crippen LogP contribution in [-0.2, 0) is 0 Å². The average Bonchev–Trinajstić information content (AvgIpc) is 3.08. The first-order valence-corrected chi connectivity index (χ1v) is 7.87. The number of aromatic nitrogens is 3. The van der Waals surface area contributed by atoms with Crippen molar-refractivity contribution in [1.82, 2.24) is 14.8 Å². The Morgan fingerprint density at radius 2 is 2.00 bits per heavy atom. The predicted molar refractivity (Wildman–Crippen MR) is 91.7 cm³/mol. The molecule has 0 aliphatic carbocycles. The van der Waals surface area contributed by atoms with E-state index in [2.05, 4.69) is 10.1 Å². The number of carbonyl (C=O) groups is 1. The Morgan fingerprint density at radius 1 is 1.24 bits per heavy atom. The highest BCUT2D eigenvalue weighted by atomic mass is 16.5. The summed E-state index contributed by atoms with van der Waals surface area (Å²) >= 11 is 0. The largest absolute Gasteiger partial charge is 0.490 e. The molecule has 124 valence electrons. The van der Waals surface area contributed by atoms with E-state index in [0.717, 1.165) is 5.69 Å². The lowest BCUT2D eigenvalue weighted by atomic mass is 9.98. The zero-order valence-electron chi connectivity index (χ0n) is 13.7. The van der Waals surface area contributed by atoms with Crippen LogP contribution in [0.5, 0.6) is 5.75 Å². The second-order valence-corrected chi connectivity index (χ2v) is 5.24. The van der Waals surface area contributed by atoms with Crippen LogP contribution in [0.4, 0.5) is 0 Å². The van der Waals surface area contributed by atoms with Crippen LogP contribution in [0.1, 0.15) is 29.0 Å². The summed E-state index contributed by atoms with van der Waals surface area (Å²) in [6, 6.07) is 16.6. The second-order valence-electron chi connectivity index (χ2n) is 5.24. The van der Waals surface area contributed by atoms with Gasteiger partial charge in [0.2, 0.25) is 5.78 Å². The summed E-state index contributed by atoms with van der Waals surface area (Å²) in [7, 11) is 0. The quantitative estimate of drug-likeness (QED) is 0.648. The van der Waals surface area contributed by atoms with Gasteiger partial charge in [-0.3, -0.25) is 9.78 Å². The van der Waals surface area contributed by atoms with Crippen molar-refractivity contribution >= 4 is 5.78 Å². The summed E-state index contributed by atoms with van der Waals surface area (Å²) in [5, 5.41) is 13.8. The number of nitriles is 1. The summed E-state index contributed by atoms with van der Waals surface area (Å²) < 4.78 is 7.13. The summed E-state index contributed by atoms with van der Waals surface area (Å²) in [6.07, 6.45) is 3.21. The summed E-state index contributed by atoms with van der Waals surface area (Å²) in [5.74, 6) is -1.11. The fourth-order valence-corrected chi connectivity index (χ4v) is 2.45. The minimum atomic E-state index is -1.03. The average molecular weight is 332 g/mol. The molecule has 0 bridgehead atoms. The highest BCUT2D eigenvalue weighted by molar-refractivity contribution is 6.03. The maximum Gasteiger partial charge on any atom is 0.210 e. The Hall–Kier alpha value is -3.46. The molecular weight excluding hydrogens is 316 g/mol. The molecule has 1 aromatic carbocycles. The number of hydrogen-bond acceptors (Lipinski definition) is 5. The van der Waals surface area contributed by atoms with Gasteiger partial charge in [0, 0.05) is 6.20 Å². The highest BCUT2D eigenvalue weighted by Gasteiger charge is 2.29. The molecule has 2 heterocycles. The molecule has 0 aliphatic heterocycles. The number of rotatable bonds is 6. The number of ketones is 1. The van der Waals surface area contributed by atoms with Gasteiger partial charge >= 0.3 is 0 Å². The molecule has 0 spiro atoms. The molecule has 0 radical (unpaired) electrons. The highest BCUT2D eigenvalue weighted by Crippen LogP contribution is 2.26. The van der Waals surface area contributed by atoms with Crippen LogP contribution in [0.2, 0.25) is 0 Å². The Morgan fingerprint density at radius 3 is 2.64 bits per heavy atom.